The fraction of sp³-hybridized carbons (Fsp3) is 1.00. The molecule has 3 rings (SSSR count). The Bertz CT molecular complexity index is 286. The molecule has 0 radical (unpaired) electrons. The quantitative estimate of drug-likeness (QED) is 0.842. The van der Waals surface area contributed by atoms with Crippen LogP contribution in [0.5, 0.6) is 0 Å². The lowest BCUT2D eigenvalue weighted by Gasteiger charge is -2.35. The van der Waals surface area contributed by atoms with Gasteiger partial charge in [-0.15, -0.1) is 0 Å². The molecule has 4 heteroatoms. The highest BCUT2D eigenvalue weighted by Gasteiger charge is 2.44. The normalized spacial score (nSPS) is 31.6. The van der Waals surface area contributed by atoms with E-state index >= 15 is 0 Å². The minimum atomic E-state index is -0.196. The summed E-state index contributed by atoms with van der Waals surface area (Å²) in [5.74, 6) is -0.196. The number of likely N-dealkylation sites (N-methyl/N-ethyl adjacent to an activating group) is 1. The van der Waals surface area contributed by atoms with Crippen molar-refractivity contribution in [3.8, 4) is 0 Å². The molecule has 1 unspecified atom stereocenters. The Labute approximate surface area is 116 Å². The first-order valence-corrected chi connectivity index (χ1v) is 8.08. The topological polar surface area (TPSA) is 33.7 Å². The van der Waals surface area contributed by atoms with Crippen molar-refractivity contribution in [3.63, 3.8) is 0 Å². The van der Waals surface area contributed by atoms with Crippen molar-refractivity contribution in [2.45, 2.75) is 63.4 Å². The van der Waals surface area contributed by atoms with E-state index in [0.29, 0.717) is 0 Å². The van der Waals surface area contributed by atoms with Crippen LogP contribution in [-0.4, -0.2) is 55.6 Å². The van der Waals surface area contributed by atoms with Gasteiger partial charge in [0.25, 0.3) is 0 Å². The number of nitrogens with one attached hydrogen (secondary N) is 1. The summed E-state index contributed by atoms with van der Waals surface area (Å²) in [6, 6.07) is 0.731. The lowest BCUT2D eigenvalue weighted by Crippen LogP contribution is -2.46. The predicted molar refractivity (Wildman–Crippen MR) is 75.2 cm³/mol. The van der Waals surface area contributed by atoms with Crippen molar-refractivity contribution >= 4 is 0 Å². The third-order valence-electron chi connectivity index (χ3n) is 4.95. The number of nitrogens with zero attached hydrogens (tertiary/aromatic N) is 1. The first-order valence-electron chi connectivity index (χ1n) is 8.08. The van der Waals surface area contributed by atoms with Crippen LogP contribution in [0.25, 0.3) is 0 Å². The summed E-state index contributed by atoms with van der Waals surface area (Å²) in [5.41, 5.74) is 0. The molecule has 0 amide bonds. The molecule has 1 spiro atoms. The molecular weight excluding hydrogens is 240 g/mol. The maximum absolute atomic E-state index is 6.25. The average molecular weight is 268 g/mol. The second-order valence-corrected chi connectivity index (χ2v) is 6.24. The maximum Gasteiger partial charge on any atom is 0.168 e. The highest BCUT2D eigenvalue weighted by molar-refractivity contribution is 4.86. The summed E-state index contributed by atoms with van der Waals surface area (Å²) >= 11 is 0. The maximum atomic E-state index is 6.25. The molecule has 2 aliphatic heterocycles. The van der Waals surface area contributed by atoms with Gasteiger partial charge in [-0.2, -0.15) is 0 Å². The molecule has 1 N–H and O–H groups in total. The molecule has 0 aromatic rings. The SMILES string of the molecule is CCN(CC1COC2(CCCC2)O1)C1CCNCC1. The van der Waals surface area contributed by atoms with Crippen molar-refractivity contribution < 1.29 is 9.47 Å². The number of rotatable bonds is 4. The summed E-state index contributed by atoms with van der Waals surface area (Å²) in [6.45, 7) is 7.55. The average Bonchev–Trinajstić information content (AvgIpc) is 3.08. The van der Waals surface area contributed by atoms with E-state index in [1.165, 1.54) is 25.7 Å². The van der Waals surface area contributed by atoms with E-state index in [2.05, 4.69) is 17.1 Å². The van der Waals surface area contributed by atoms with Crippen LogP contribution in [-0.2, 0) is 9.47 Å². The standard InChI is InChI=1S/C15H28N2O2/c1-2-17(13-5-9-16-10-6-13)11-14-12-18-15(19-14)7-3-4-8-15/h13-14,16H,2-12H2,1H3. The van der Waals surface area contributed by atoms with E-state index in [1.54, 1.807) is 0 Å². The smallest absolute Gasteiger partial charge is 0.168 e. The van der Waals surface area contributed by atoms with Crippen molar-refractivity contribution in [1.29, 1.82) is 0 Å². The number of hydrogen-bond acceptors (Lipinski definition) is 4. The Balaban J connectivity index is 1.52. The van der Waals surface area contributed by atoms with Crippen molar-refractivity contribution in [2.24, 2.45) is 0 Å². The van der Waals surface area contributed by atoms with E-state index in [0.717, 1.165) is 51.7 Å². The second-order valence-electron chi connectivity index (χ2n) is 6.24. The van der Waals surface area contributed by atoms with E-state index in [4.69, 9.17) is 9.47 Å². The van der Waals surface area contributed by atoms with Crippen LogP contribution in [0.3, 0.4) is 0 Å². The second kappa shape index (κ2) is 6.08. The van der Waals surface area contributed by atoms with Gasteiger partial charge in [-0.25, -0.2) is 0 Å². The Morgan fingerprint density at radius 3 is 2.63 bits per heavy atom. The molecule has 1 aliphatic carbocycles. The van der Waals surface area contributed by atoms with Crippen LogP contribution in [0.4, 0.5) is 0 Å². The van der Waals surface area contributed by atoms with Crippen LogP contribution in [0.1, 0.15) is 45.4 Å². The van der Waals surface area contributed by atoms with Gasteiger partial charge in [-0.3, -0.25) is 4.90 Å². The number of ether oxygens (including phenoxy) is 2. The van der Waals surface area contributed by atoms with Gasteiger partial charge in [0.1, 0.15) is 0 Å². The zero-order valence-electron chi connectivity index (χ0n) is 12.2. The van der Waals surface area contributed by atoms with Crippen LogP contribution >= 0.6 is 0 Å². The molecule has 2 saturated heterocycles. The lowest BCUT2D eigenvalue weighted by molar-refractivity contribution is -0.164. The monoisotopic (exact) mass is 268 g/mol. The van der Waals surface area contributed by atoms with Crippen molar-refractivity contribution in [1.82, 2.24) is 10.2 Å². The fourth-order valence-electron chi connectivity index (χ4n) is 3.85. The fourth-order valence-corrected chi connectivity index (χ4v) is 3.85. The van der Waals surface area contributed by atoms with Crippen molar-refractivity contribution in [2.75, 3.05) is 32.8 Å². The van der Waals surface area contributed by atoms with Crippen LogP contribution < -0.4 is 5.32 Å². The van der Waals surface area contributed by atoms with Crippen LogP contribution in [0.2, 0.25) is 0 Å². The molecular formula is C15H28N2O2. The van der Waals surface area contributed by atoms with Gasteiger partial charge in [0.05, 0.1) is 12.7 Å². The third-order valence-corrected chi connectivity index (χ3v) is 4.95. The summed E-state index contributed by atoms with van der Waals surface area (Å²) in [7, 11) is 0. The zero-order chi connectivity index (χ0) is 13.1. The van der Waals surface area contributed by atoms with Gasteiger partial charge < -0.3 is 14.8 Å². The van der Waals surface area contributed by atoms with Gasteiger partial charge in [0.2, 0.25) is 0 Å². The molecule has 4 nitrogen and oxygen atoms in total. The Morgan fingerprint density at radius 2 is 1.95 bits per heavy atom. The summed E-state index contributed by atoms with van der Waals surface area (Å²) < 4.78 is 12.2. The molecule has 3 fully saturated rings. The Hall–Kier alpha value is -0.160. The molecule has 1 atom stereocenters. The van der Waals surface area contributed by atoms with Gasteiger partial charge in [-0.1, -0.05) is 6.92 Å². The van der Waals surface area contributed by atoms with Gasteiger partial charge in [0.15, 0.2) is 5.79 Å². The third kappa shape index (κ3) is 3.13. The summed E-state index contributed by atoms with van der Waals surface area (Å²) in [6.07, 6.45) is 7.55. The predicted octanol–water partition coefficient (Wildman–Crippen LogP) is 1.75. The van der Waals surface area contributed by atoms with E-state index in [1.807, 2.05) is 0 Å². The molecule has 19 heavy (non-hydrogen) atoms. The summed E-state index contributed by atoms with van der Waals surface area (Å²) in [4.78, 5) is 2.60. The molecule has 3 aliphatic rings. The molecule has 2 heterocycles. The van der Waals surface area contributed by atoms with E-state index in [-0.39, 0.29) is 11.9 Å². The Morgan fingerprint density at radius 1 is 1.21 bits per heavy atom. The number of hydrogen-bond donors (Lipinski definition) is 1. The van der Waals surface area contributed by atoms with Gasteiger partial charge in [-0.05, 0) is 45.3 Å². The highest BCUT2D eigenvalue weighted by atomic mass is 16.7. The molecule has 0 bridgehead atoms. The first-order chi connectivity index (χ1) is 9.31. The minimum absolute atomic E-state index is 0.196. The lowest BCUT2D eigenvalue weighted by atomic mass is 10.0. The van der Waals surface area contributed by atoms with E-state index in [9.17, 15) is 0 Å². The highest BCUT2D eigenvalue weighted by Crippen LogP contribution is 2.39. The van der Waals surface area contributed by atoms with Gasteiger partial charge in [0, 0.05) is 25.4 Å². The molecule has 0 aromatic carbocycles. The summed E-state index contributed by atoms with van der Waals surface area (Å²) in [5, 5.41) is 3.44. The minimum Gasteiger partial charge on any atom is -0.347 e. The van der Waals surface area contributed by atoms with E-state index < -0.39 is 0 Å². The van der Waals surface area contributed by atoms with Crippen LogP contribution in [0, 0.1) is 0 Å². The number of piperidine rings is 1. The first kappa shape index (κ1) is 13.8. The van der Waals surface area contributed by atoms with Gasteiger partial charge >= 0.3 is 0 Å². The molecule has 1 saturated carbocycles. The molecule has 110 valence electrons. The van der Waals surface area contributed by atoms with Crippen LogP contribution in [0.15, 0.2) is 0 Å². The molecule has 0 aromatic heterocycles. The zero-order valence-corrected chi connectivity index (χ0v) is 12.2. The largest absolute Gasteiger partial charge is 0.347 e. The Kier molecular flexibility index (Phi) is 4.42. The van der Waals surface area contributed by atoms with Crippen molar-refractivity contribution in [3.05, 3.63) is 0 Å².